The van der Waals surface area contributed by atoms with Crippen LogP contribution in [0.5, 0.6) is 5.75 Å². The molecule has 0 bridgehead atoms. The van der Waals surface area contributed by atoms with Crippen LogP contribution in [0, 0.1) is 0 Å². The summed E-state index contributed by atoms with van der Waals surface area (Å²) >= 11 is 0. The van der Waals surface area contributed by atoms with Gasteiger partial charge in [-0.2, -0.15) is 5.10 Å². The number of hydrogen-bond donors (Lipinski definition) is 1. The lowest BCUT2D eigenvalue weighted by Crippen LogP contribution is -2.15. The number of aryl methyl sites for hydroxylation is 1. The van der Waals surface area contributed by atoms with Crippen LogP contribution in [0.4, 0.5) is 5.82 Å². The Labute approximate surface area is 166 Å². The van der Waals surface area contributed by atoms with E-state index in [1.165, 1.54) is 5.56 Å². The molecule has 146 valence electrons. The van der Waals surface area contributed by atoms with E-state index in [1.807, 2.05) is 54.6 Å². The minimum atomic E-state index is -0.155. The molecule has 0 spiro atoms. The maximum absolute atomic E-state index is 12.8. The molecule has 28 heavy (non-hydrogen) atoms. The predicted molar refractivity (Wildman–Crippen MR) is 113 cm³/mol. The number of ether oxygens (including phenoxy) is 1. The summed E-state index contributed by atoms with van der Waals surface area (Å²) in [5, 5.41) is 7.76. The summed E-state index contributed by atoms with van der Waals surface area (Å²) in [7, 11) is 1.64. The molecule has 5 heteroatoms. The lowest BCUT2D eigenvalue weighted by Gasteiger charge is -2.14. The Hall–Kier alpha value is -3.08. The zero-order valence-corrected chi connectivity index (χ0v) is 17.1. The number of nitrogens with one attached hydrogen (secondary N) is 1. The Morgan fingerprint density at radius 3 is 2.25 bits per heavy atom. The van der Waals surface area contributed by atoms with Gasteiger partial charge in [-0.25, -0.2) is 4.68 Å². The van der Waals surface area contributed by atoms with E-state index in [1.54, 1.807) is 11.8 Å². The topological polar surface area (TPSA) is 56.2 Å². The number of methoxy groups -OCH3 is 1. The molecule has 5 nitrogen and oxygen atoms in total. The van der Waals surface area contributed by atoms with Crippen molar-refractivity contribution in [3.63, 3.8) is 0 Å². The summed E-state index contributed by atoms with van der Waals surface area (Å²) in [6.07, 6.45) is 0.946. The SMILES string of the molecule is CCc1ccc(C(=O)Nc2cc(C(C)(C)C)nn2-c2ccc(OC)cc2)cc1. The van der Waals surface area contributed by atoms with Gasteiger partial charge < -0.3 is 10.1 Å². The number of amides is 1. The molecule has 1 aromatic heterocycles. The molecular formula is C23H27N3O2. The van der Waals surface area contributed by atoms with Gasteiger partial charge in [-0.15, -0.1) is 0 Å². The first-order chi connectivity index (χ1) is 13.3. The molecule has 1 amide bonds. The first kappa shape index (κ1) is 19.7. The van der Waals surface area contributed by atoms with Crippen molar-refractivity contribution in [1.29, 1.82) is 0 Å². The summed E-state index contributed by atoms with van der Waals surface area (Å²) in [6, 6.07) is 17.2. The van der Waals surface area contributed by atoms with Gasteiger partial charge >= 0.3 is 0 Å². The maximum Gasteiger partial charge on any atom is 0.256 e. The molecular weight excluding hydrogens is 350 g/mol. The Bertz CT molecular complexity index is 949. The van der Waals surface area contributed by atoms with E-state index in [2.05, 4.69) is 33.0 Å². The van der Waals surface area contributed by atoms with Gasteiger partial charge in [-0.05, 0) is 48.4 Å². The third-order valence-electron chi connectivity index (χ3n) is 4.66. The van der Waals surface area contributed by atoms with Crippen molar-refractivity contribution in [2.24, 2.45) is 0 Å². The quantitative estimate of drug-likeness (QED) is 0.681. The van der Waals surface area contributed by atoms with Crippen molar-refractivity contribution in [3.05, 3.63) is 71.4 Å². The van der Waals surface area contributed by atoms with Crippen molar-refractivity contribution in [1.82, 2.24) is 9.78 Å². The average Bonchev–Trinajstić information content (AvgIpc) is 3.12. The van der Waals surface area contributed by atoms with E-state index in [4.69, 9.17) is 9.84 Å². The largest absolute Gasteiger partial charge is 0.497 e. The van der Waals surface area contributed by atoms with Crippen LogP contribution in [0.1, 0.15) is 49.3 Å². The molecule has 2 aromatic carbocycles. The molecule has 3 rings (SSSR count). The van der Waals surface area contributed by atoms with Gasteiger partial charge in [0.2, 0.25) is 0 Å². The van der Waals surface area contributed by atoms with Crippen LogP contribution in [0.3, 0.4) is 0 Å². The minimum Gasteiger partial charge on any atom is -0.497 e. The molecule has 1 N–H and O–H groups in total. The van der Waals surface area contributed by atoms with Gasteiger partial charge in [-0.3, -0.25) is 4.79 Å². The fourth-order valence-corrected chi connectivity index (χ4v) is 2.84. The first-order valence-electron chi connectivity index (χ1n) is 9.47. The lowest BCUT2D eigenvalue weighted by atomic mass is 9.92. The van der Waals surface area contributed by atoms with Crippen molar-refractivity contribution >= 4 is 11.7 Å². The van der Waals surface area contributed by atoms with Crippen LogP contribution in [0.15, 0.2) is 54.6 Å². The zero-order chi connectivity index (χ0) is 20.3. The highest BCUT2D eigenvalue weighted by molar-refractivity contribution is 6.04. The van der Waals surface area contributed by atoms with E-state index in [-0.39, 0.29) is 11.3 Å². The highest BCUT2D eigenvalue weighted by Gasteiger charge is 2.22. The fourth-order valence-electron chi connectivity index (χ4n) is 2.84. The number of hydrogen-bond acceptors (Lipinski definition) is 3. The highest BCUT2D eigenvalue weighted by atomic mass is 16.5. The number of aromatic nitrogens is 2. The van der Waals surface area contributed by atoms with Crippen LogP contribution in [-0.4, -0.2) is 22.8 Å². The third kappa shape index (κ3) is 4.25. The molecule has 0 aliphatic carbocycles. The molecule has 0 atom stereocenters. The average molecular weight is 377 g/mol. The highest BCUT2D eigenvalue weighted by Crippen LogP contribution is 2.27. The Kier molecular flexibility index (Phi) is 5.54. The van der Waals surface area contributed by atoms with Gasteiger partial charge in [0.25, 0.3) is 5.91 Å². The van der Waals surface area contributed by atoms with Crippen LogP contribution in [0.2, 0.25) is 0 Å². The van der Waals surface area contributed by atoms with Crippen molar-refractivity contribution in [2.75, 3.05) is 12.4 Å². The molecule has 0 unspecified atom stereocenters. The third-order valence-corrected chi connectivity index (χ3v) is 4.66. The Morgan fingerprint density at radius 2 is 1.71 bits per heavy atom. The van der Waals surface area contributed by atoms with Gasteiger partial charge in [-0.1, -0.05) is 39.8 Å². The normalized spacial score (nSPS) is 11.3. The predicted octanol–water partition coefficient (Wildman–Crippen LogP) is 4.99. The minimum absolute atomic E-state index is 0.139. The molecule has 0 fully saturated rings. The zero-order valence-electron chi connectivity index (χ0n) is 17.1. The number of nitrogens with zero attached hydrogens (tertiary/aromatic N) is 2. The summed E-state index contributed by atoms with van der Waals surface area (Å²) in [4.78, 5) is 12.8. The van der Waals surface area contributed by atoms with Crippen LogP contribution in [-0.2, 0) is 11.8 Å². The fraction of sp³-hybridized carbons (Fsp3) is 0.304. The Morgan fingerprint density at radius 1 is 1.07 bits per heavy atom. The van der Waals surface area contributed by atoms with E-state index in [9.17, 15) is 4.79 Å². The van der Waals surface area contributed by atoms with Gasteiger partial charge in [0.05, 0.1) is 18.5 Å². The molecule has 0 aliphatic rings. The number of benzene rings is 2. The van der Waals surface area contributed by atoms with Crippen molar-refractivity contribution in [3.8, 4) is 11.4 Å². The maximum atomic E-state index is 12.8. The van der Waals surface area contributed by atoms with Crippen molar-refractivity contribution in [2.45, 2.75) is 39.5 Å². The Balaban J connectivity index is 1.95. The molecule has 3 aromatic rings. The number of rotatable bonds is 5. The standard InChI is InChI=1S/C23H27N3O2/c1-6-16-7-9-17(10-8-16)22(27)24-21-15-20(23(2,3)4)25-26(21)18-11-13-19(28-5)14-12-18/h7-15H,6H2,1-5H3,(H,24,27). The molecule has 0 aliphatic heterocycles. The molecule has 0 radical (unpaired) electrons. The van der Waals surface area contributed by atoms with Crippen LogP contribution >= 0.6 is 0 Å². The molecule has 0 saturated heterocycles. The number of anilines is 1. The van der Waals surface area contributed by atoms with Gasteiger partial charge in [0.15, 0.2) is 0 Å². The summed E-state index contributed by atoms with van der Waals surface area (Å²) in [5.41, 5.74) is 3.44. The second-order valence-electron chi connectivity index (χ2n) is 7.78. The van der Waals surface area contributed by atoms with E-state index >= 15 is 0 Å². The second-order valence-corrected chi connectivity index (χ2v) is 7.78. The lowest BCUT2D eigenvalue weighted by molar-refractivity contribution is 0.102. The van der Waals surface area contributed by atoms with Gasteiger partial charge in [0, 0.05) is 17.0 Å². The number of carbonyl (C=O) groups excluding carboxylic acids is 1. The van der Waals surface area contributed by atoms with Gasteiger partial charge in [0.1, 0.15) is 11.6 Å². The summed E-state index contributed by atoms with van der Waals surface area (Å²) in [6.45, 7) is 8.39. The number of carbonyl (C=O) groups is 1. The molecule has 0 saturated carbocycles. The monoisotopic (exact) mass is 377 g/mol. The summed E-state index contributed by atoms with van der Waals surface area (Å²) < 4.78 is 7.00. The smallest absolute Gasteiger partial charge is 0.256 e. The molecule has 1 heterocycles. The van der Waals surface area contributed by atoms with Crippen molar-refractivity contribution < 1.29 is 9.53 Å². The summed E-state index contributed by atoms with van der Waals surface area (Å²) in [5.74, 6) is 1.26. The van der Waals surface area contributed by atoms with Crippen LogP contribution in [0.25, 0.3) is 5.69 Å². The first-order valence-corrected chi connectivity index (χ1v) is 9.47. The van der Waals surface area contributed by atoms with E-state index in [0.717, 1.165) is 23.6 Å². The van der Waals surface area contributed by atoms with E-state index < -0.39 is 0 Å². The van der Waals surface area contributed by atoms with E-state index in [0.29, 0.717) is 11.4 Å². The van der Waals surface area contributed by atoms with Crippen LogP contribution < -0.4 is 10.1 Å². The second kappa shape index (κ2) is 7.89.